The second-order valence-corrected chi connectivity index (χ2v) is 4.37. The van der Waals surface area contributed by atoms with Crippen molar-refractivity contribution in [2.75, 3.05) is 13.7 Å². The molecule has 1 amide bonds. The molecule has 0 radical (unpaired) electrons. The lowest BCUT2D eigenvalue weighted by Gasteiger charge is -2.02. The van der Waals surface area contributed by atoms with E-state index in [1.165, 1.54) is 31.4 Å². The molecule has 1 aromatic carbocycles. The number of carbonyl (C=O) groups excluding carboxylic acids is 1. The van der Waals surface area contributed by atoms with Crippen molar-refractivity contribution in [1.29, 1.82) is 0 Å². The summed E-state index contributed by atoms with van der Waals surface area (Å²) >= 11 is 0. The summed E-state index contributed by atoms with van der Waals surface area (Å²) in [6, 6.07) is 4.40. The predicted molar refractivity (Wildman–Crippen MR) is 76.5 cm³/mol. The number of benzene rings is 1. The zero-order chi connectivity index (χ0) is 15.7. The number of hydrogen-bond acceptors (Lipinski definition) is 3. The minimum atomic E-state index is -0.845. The van der Waals surface area contributed by atoms with Gasteiger partial charge in [-0.2, -0.15) is 0 Å². The molecule has 0 saturated heterocycles. The highest BCUT2D eigenvalue weighted by atomic mass is 19.1. The van der Waals surface area contributed by atoms with Crippen molar-refractivity contribution >= 4 is 18.0 Å². The molecule has 0 saturated carbocycles. The summed E-state index contributed by atoms with van der Waals surface area (Å²) in [6.07, 6.45) is 4.01. The highest BCUT2D eigenvalue weighted by Gasteiger charge is 2.02. The quantitative estimate of drug-likeness (QED) is 0.569. The van der Waals surface area contributed by atoms with E-state index >= 15 is 0 Å². The lowest BCUT2D eigenvalue weighted by Crippen LogP contribution is -2.22. The van der Waals surface area contributed by atoms with Crippen LogP contribution in [0.4, 0.5) is 4.39 Å². The largest absolute Gasteiger partial charge is 0.494 e. The summed E-state index contributed by atoms with van der Waals surface area (Å²) < 4.78 is 18.2. The smallest absolute Gasteiger partial charge is 0.303 e. The third-order valence-electron chi connectivity index (χ3n) is 2.72. The van der Waals surface area contributed by atoms with Gasteiger partial charge >= 0.3 is 5.97 Å². The van der Waals surface area contributed by atoms with Gasteiger partial charge < -0.3 is 15.2 Å². The molecule has 1 aromatic rings. The fraction of sp³-hybridized carbons (Fsp3) is 0.333. The van der Waals surface area contributed by atoms with Gasteiger partial charge in [-0.3, -0.25) is 9.59 Å². The van der Waals surface area contributed by atoms with Gasteiger partial charge in [-0.25, -0.2) is 4.39 Å². The number of methoxy groups -OCH3 is 1. The molecule has 0 atom stereocenters. The first-order chi connectivity index (χ1) is 10.0. The minimum absolute atomic E-state index is 0.0941. The summed E-state index contributed by atoms with van der Waals surface area (Å²) in [6.45, 7) is 0.410. The van der Waals surface area contributed by atoms with Crippen molar-refractivity contribution < 1.29 is 23.8 Å². The van der Waals surface area contributed by atoms with Crippen LogP contribution in [0.25, 0.3) is 6.08 Å². The maximum atomic E-state index is 13.4. The van der Waals surface area contributed by atoms with E-state index in [-0.39, 0.29) is 18.1 Å². The summed E-state index contributed by atoms with van der Waals surface area (Å²) in [5, 5.41) is 11.1. The van der Waals surface area contributed by atoms with Crippen LogP contribution in [0.3, 0.4) is 0 Å². The highest BCUT2D eigenvalue weighted by molar-refractivity contribution is 5.91. The van der Waals surface area contributed by atoms with Crippen LogP contribution < -0.4 is 10.1 Å². The fourth-order valence-corrected chi connectivity index (χ4v) is 1.63. The summed E-state index contributed by atoms with van der Waals surface area (Å²) in [5.41, 5.74) is 0.550. The molecular weight excluding hydrogens is 277 g/mol. The minimum Gasteiger partial charge on any atom is -0.494 e. The molecule has 114 valence electrons. The second-order valence-electron chi connectivity index (χ2n) is 4.37. The Hall–Kier alpha value is -2.37. The number of aliphatic carboxylic acids is 1. The molecule has 0 aliphatic heterocycles. The van der Waals surface area contributed by atoms with Crippen LogP contribution in [-0.4, -0.2) is 30.6 Å². The van der Waals surface area contributed by atoms with Crippen molar-refractivity contribution in [2.45, 2.75) is 19.3 Å². The van der Waals surface area contributed by atoms with Gasteiger partial charge in [-0.05, 0) is 36.6 Å². The molecule has 0 fully saturated rings. The average Bonchev–Trinajstić information content (AvgIpc) is 2.44. The Morgan fingerprint density at radius 1 is 1.38 bits per heavy atom. The van der Waals surface area contributed by atoms with Gasteiger partial charge in [0.05, 0.1) is 7.11 Å². The van der Waals surface area contributed by atoms with Gasteiger partial charge in [0.1, 0.15) is 0 Å². The van der Waals surface area contributed by atoms with Crippen molar-refractivity contribution in [1.82, 2.24) is 5.32 Å². The van der Waals surface area contributed by atoms with Gasteiger partial charge in [-0.1, -0.05) is 6.07 Å². The van der Waals surface area contributed by atoms with Crippen LogP contribution >= 0.6 is 0 Å². The lowest BCUT2D eigenvalue weighted by atomic mass is 10.2. The number of unbranched alkanes of at least 4 members (excludes halogenated alkanes) is 1. The number of carboxylic acids is 1. The first-order valence-corrected chi connectivity index (χ1v) is 6.54. The number of amides is 1. The topological polar surface area (TPSA) is 75.6 Å². The number of rotatable bonds is 8. The SMILES string of the molecule is COc1ccc(C=CC(=O)NCCCCC(=O)O)cc1F. The normalized spacial score (nSPS) is 10.6. The van der Waals surface area contributed by atoms with Crippen LogP contribution in [0.5, 0.6) is 5.75 Å². The number of ether oxygens (including phenoxy) is 1. The van der Waals surface area contributed by atoms with Crippen molar-refractivity contribution in [2.24, 2.45) is 0 Å². The summed E-state index contributed by atoms with van der Waals surface area (Å²) in [4.78, 5) is 21.8. The molecule has 0 aliphatic rings. The van der Waals surface area contributed by atoms with E-state index in [1.807, 2.05) is 0 Å². The molecule has 21 heavy (non-hydrogen) atoms. The Labute approximate surface area is 122 Å². The van der Waals surface area contributed by atoms with E-state index in [9.17, 15) is 14.0 Å². The van der Waals surface area contributed by atoms with Gasteiger partial charge in [0.25, 0.3) is 0 Å². The van der Waals surface area contributed by atoms with E-state index in [0.717, 1.165) is 0 Å². The Morgan fingerprint density at radius 3 is 2.76 bits per heavy atom. The Kier molecular flexibility index (Phi) is 6.94. The molecule has 2 N–H and O–H groups in total. The highest BCUT2D eigenvalue weighted by Crippen LogP contribution is 2.18. The molecule has 0 bridgehead atoms. The Balaban J connectivity index is 2.36. The number of hydrogen-bond donors (Lipinski definition) is 2. The average molecular weight is 295 g/mol. The molecule has 0 unspecified atom stereocenters. The first kappa shape index (κ1) is 16.7. The fourth-order valence-electron chi connectivity index (χ4n) is 1.63. The summed E-state index contributed by atoms with van der Waals surface area (Å²) in [7, 11) is 1.38. The van der Waals surface area contributed by atoms with E-state index < -0.39 is 11.8 Å². The van der Waals surface area contributed by atoms with Crippen molar-refractivity contribution in [3.63, 3.8) is 0 Å². The third kappa shape index (κ3) is 6.56. The number of nitrogens with one attached hydrogen (secondary N) is 1. The van der Waals surface area contributed by atoms with E-state index in [1.54, 1.807) is 6.07 Å². The van der Waals surface area contributed by atoms with Crippen LogP contribution in [0, 0.1) is 5.82 Å². The molecule has 5 nitrogen and oxygen atoms in total. The number of carboxylic acid groups (broad SMARTS) is 1. The number of carbonyl (C=O) groups is 2. The standard InChI is InChI=1S/C15H18FNO4/c1-21-13-7-5-11(10-12(13)16)6-8-14(18)17-9-3-2-4-15(19)20/h5-8,10H,2-4,9H2,1H3,(H,17,18)(H,19,20). The van der Waals surface area contributed by atoms with Gasteiger partial charge in [-0.15, -0.1) is 0 Å². The van der Waals surface area contributed by atoms with E-state index in [2.05, 4.69) is 5.32 Å². The van der Waals surface area contributed by atoms with E-state index in [0.29, 0.717) is 24.9 Å². The van der Waals surface area contributed by atoms with Gasteiger partial charge in [0, 0.05) is 19.0 Å². The second kappa shape index (κ2) is 8.73. The van der Waals surface area contributed by atoms with Gasteiger partial charge in [0.2, 0.25) is 5.91 Å². The van der Waals surface area contributed by atoms with Gasteiger partial charge in [0.15, 0.2) is 11.6 Å². The zero-order valence-corrected chi connectivity index (χ0v) is 11.8. The molecular formula is C15H18FNO4. The van der Waals surface area contributed by atoms with Crippen LogP contribution in [-0.2, 0) is 9.59 Å². The molecule has 0 spiro atoms. The first-order valence-electron chi connectivity index (χ1n) is 6.54. The van der Waals surface area contributed by atoms with E-state index in [4.69, 9.17) is 9.84 Å². The summed E-state index contributed by atoms with van der Waals surface area (Å²) in [5.74, 6) is -1.49. The monoisotopic (exact) mass is 295 g/mol. The maximum Gasteiger partial charge on any atom is 0.303 e. The van der Waals surface area contributed by atoms with Crippen LogP contribution in [0.15, 0.2) is 24.3 Å². The lowest BCUT2D eigenvalue weighted by molar-refractivity contribution is -0.137. The molecule has 6 heteroatoms. The Morgan fingerprint density at radius 2 is 2.14 bits per heavy atom. The van der Waals surface area contributed by atoms with Crippen LogP contribution in [0.2, 0.25) is 0 Å². The van der Waals surface area contributed by atoms with Crippen molar-refractivity contribution in [3.8, 4) is 5.75 Å². The molecule has 1 rings (SSSR count). The molecule has 0 heterocycles. The predicted octanol–water partition coefficient (Wildman–Crippen LogP) is 2.22. The maximum absolute atomic E-state index is 13.4. The van der Waals surface area contributed by atoms with Crippen molar-refractivity contribution in [3.05, 3.63) is 35.7 Å². The Bertz CT molecular complexity index is 528. The molecule has 0 aromatic heterocycles. The zero-order valence-electron chi connectivity index (χ0n) is 11.8. The number of halogens is 1. The van der Waals surface area contributed by atoms with Crippen LogP contribution in [0.1, 0.15) is 24.8 Å². The molecule has 0 aliphatic carbocycles. The third-order valence-corrected chi connectivity index (χ3v) is 2.72.